The molecule has 0 aliphatic carbocycles. The molecular formula is C10H12N2. The van der Waals surface area contributed by atoms with E-state index in [4.69, 9.17) is 5.26 Å². The van der Waals surface area contributed by atoms with E-state index in [1.807, 2.05) is 6.07 Å². The zero-order chi connectivity index (χ0) is 8.55. The molecule has 0 atom stereocenters. The third-order valence-corrected chi connectivity index (χ3v) is 2.58. The molecule has 0 bridgehead atoms. The summed E-state index contributed by atoms with van der Waals surface area (Å²) in [5.41, 5.74) is 3.37. The Morgan fingerprint density at radius 2 is 2.33 bits per heavy atom. The van der Waals surface area contributed by atoms with E-state index in [-0.39, 0.29) is 0 Å². The Bertz CT molecular complexity index is 341. The molecule has 12 heavy (non-hydrogen) atoms. The zero-order valence-corrected chi connectivity index (χ0v) is 7.30. The van der Waals surface area contributed by atoms with Crippen molar-refractivity contribution in [2.75, 3.05) is 0 Å². The third kappa shape index (κ3) is 0.937. The number of aryl methyl sites for hydroxylation is 1. The SMILES string of the molecule is Cc1cc(C#N)c2n1CCCC2. The Hall–Kier alpha value is -1.23. The monoisotopic (exact) mass is 160 g/mol. The first-order valence-electron chi connectivity index (χ1n) is 4.42. The molecule has 0 N–H and O–H groups in total. The van der Waals surface area contributed by atoms with E-state index >= 15 is 0 Å². The third-order valence-electron chi connectivity index (χ3n) is 2.58. The van der Waals surface area contributed by atoms with Crippen LogP contribution in [-0.4, -0.2) is 4.57 Å². The molecule has 1 aliphatic heterocycles. The van der Waals surface area contributed by atoms with Crippen LogP contribution < -0.4 is 0 Å². The smallest absolute Gasteiger partial charge is 0.101 e. The number of rotatable bonds is 0. The number of hydrogen-bond donors (Lipinski definition) is 0. The maximum atomic E-state index is 8.84. The van der Waals surface area contributed by atoms with Gasteiger partial charge < -0.3 is 4.57 Å². The van der Waals surface area contributed by atoms with Crippen LogP contribution >= 0.6 is 0 Å². The molecule has 0 amide bonds. The second-order valence-corrected chi connectivity index (χ2v) is 3.37. The lowest BCUT2D eigenvalue weighted by Crippen LogP contribution is -2.11. The summed E-state index contributed by atoms with van der Waals surface area (Å²) in [7, 11) is 0. The average molecular weight is 160 g/mol. The Morgan fingerprint density at radius 1 is 1.50 bits per heavy atom. The lowest BCUT2D eigenvalue weighted by molar-refractivity contribution is 0.523. The highest BCUT2D eigenvalue weighted by molar-refractivity contribution is 5.38. The highest BCUT2D eigenvalue weighted by Gasteiger charge is 2.15. The van der Waals surface area contributed by atoms with Gasteiger partial charge in [0, 0.05) is 17.9 Å². The molecule has 2 nitrogen and oxygen atoms in total. The van der Waals surface area contributed by atoms with Gasteiger partial charge >= 0.3 is 0 Å². The maximum absolute atomic E-state index is 8.84. The highest BCUT2D eigenvalue weighted by Crippen LogP contribution is 2.22. The largest absolute Gasteiger partial charge is 0.348 e. The molecule has 1 aliphatic rings. The predicted molar refractivity (Wildman–Crippen MR) is 46.8 cm³/mol. The molecule has 0 saturated heterocycles. The minimum atomic E-state index is 0.882. The number of aromatic nitrogens is 1. The van der Waals surface area contributed by atoms with Crippen LogP contribution in [-0.2, 0) is 13.0 Å². The summed E-state index contributed by atoms with van der Waals surface area (Å²) >= 11 is 0. The first-order chi connectivity index (χ1) is 5.83. The van der Waals surface area contributed by atoms with Crippen molar-refractivity contribution in [3.8, 4) is 6.07 Å². The molecule has 0 radical (unpaired) electrons. The zero-order valence-electron chi connectivity index (χ0n) is 7.30. The first kappa shape index (κ1) is 7.42. The first-order valence-corrected chi connectivity index (χ1v) is 4.42. The molecular weight excluding hydrogens is 148 g/mol. The van der Waals surface area contributed by atoms with Crippen molar-refractivity contribution in [1.82, 2.24) is 4.57 Å². The fourth-order valence-electron chi connectivity index (χ4n) is 1.97. The molecule has 0 aromatic carbocycles. The second kappa shape index (κ2) is 2.67. The van der Waals surface area contributed by atoms with E-state index in [0.29, 0.717) is 0 Å². The van der Waals surface area contributed by atoms with Crippen molar-refractivity contribution in [2.45, 2.75) is 32.7 Å². The Kier molecular flexibility index (Phi) is 1.65. The van der Waals surface area contributed by atoms with Crippen LogP contribution in [0.25, 0.3) is 0 Å². The second-order valence-electron chi connectivity index (χ2n) is 3.37. The van der Waals surface area contributed by atoms with Gasteiger partial charge in [0.1, 0.15) is 6.07 Å². The summed E-state index contributed by atoms with van der Waals surface area (Å²) in [5, 5.41) is 8.84. The average Bonchev–Trinajstić information content (AvgIpc) is 2.44. The topological polar surface area (TPSA) is 28.7 Å². The Morgan fingerprint density at radius 3 is 3.08 bits per heavy atom. The van der Waals surface area contributed by atoms with Crippen molar-refractivity contribution in [1.29, 1.82) is 5.26 Å². The summed E-state index contributed by atoms with van der Waals surface area (Å²) in [6, 6.07) is 4.26. The van der Waals surface area contributed by atoms with E-state index in [9.17, 15) is 0 Å². The van der Waals surface area contributed by atoms with Crippen LogP contribution in [0.1, 0.15) is 29.8 Å². The van der Waals surface area contributed by atoms with Crippen LogP contribution in [0.2, 0.25) is 0 Å². The van der Waals surface area contributed by atoms with Crippen LogP contribution in [0, 0.1) is 18.3 Å². The Labute approximate surface area is 72.4 Å². The number of nitrogens with zero attached hydrogens (tertiary/aromatic N) is 2. The van der Waals surface area contributed by atoms with Gasteiger partial charge in [0.2, 0.25) is 0 Å². The minimum Gasteiger partial charge on any atom is -0.348 e. The molecule has 2 rings (SSSR count). The van der Waals surface area contributed by atoms with E-state index < -0.39 is 0 Å². The number of nitriles is 1. The van der Waals surface area contributed by atoms with Crippen LogP contribution in [0.4, 0.5) is 0 Å². The summed E-state index contributed by atoms with van der Waals surface area (Å²) in [6.07, 6.45) is 3.57. The van der Waals surface area contributed by atoms with Gasteiger partial charge in [-0.1, -0.05) is 0 Å². The van der Waals surface area contributed by atoms with Crippen molar-refractivity contribution in [2.24, 2.45) is 0 Å². The van der Waals surface area contributed by atoms with E-state index in [1.54, 1.807) is 0 Å². The predicted octanol–water partition coefficient (Wildman–Crippen LogP) is 2.00. The van der Waals surface area contributed by atoms with E-state index in [0.717, 1.165) is 18.5 Å². The molecule has 0 fully saturated rings. The normalized spacial score (nSPS) is 15.3. The molecule has 0 spiro atoms. The quantitative estimate of drug-likeness (QED) is 0.570. The fraction of sp³-hybridized carbons (Fsp3) is 0.500. The van der Waals surface area contributed by atoms with Gasteiger partial charge in [-0.2, -0.15) is 5.26 Å². The number of fused-ring (bicyclic) bond motifs is 1. The van der Waals surface area contributed by atoms with Crippen LogP contribution in [0.3, 0.4) is 0 Å². The molecule has 1 aromatic rings. The van der Waals surface area contributed by atoms with Gasteiger partial charge in [-0.3, -0.25) is 0 Å². The van der Waals surface area contributed by atoms with Crippen LogP contribution in [0.5, 0.6) is 0 Å². The molecule has 2 heteroatoms. The summed E-state index contributed by atoms with van der Waals surface area (Å²) in [6.45, 7) is 3.18. The van der Waals surface area contributed by atoms with Crippen LogP contribution in [0.15, 0.2) is 6.07 Å². The van der Waals surface area contributed by atoms with Gasteiger partial charge in [0.05, 0.1) is 5.56 Å². The van der Waals surface area contributed by atoms with Gasteiger partial charge in [-0.15, -0.1) is 0 Å². The minimum absolute atomic E-state index is 0.882. The van der Waals surface area contributed by atoms with Gasteiger partial charge in [0.25, 0.3) is 0 Å². The molecule has 0 saturated carbocycles. The highest BCUT2D eigenvalue weighted by atomic mass is 15.0. The van der Waals surface area contributed by atoms with E-state index in [1.165, 1.54) is 24.2 Å². The van der Waals surface area contributed by atoms with Gasteiger partial charge in [0.15, 0.2) is 0 Å². The summed E-state index contributed by atoms with van der Waals surface area (Å²) in [5.74, 6) is 0. The van der Waals surface area contributed by atoms with Crippen molar-refractivity contribution < 1.29 is 0 Å². The molecule has 2 heterocycles. The summed E-state index contributed by atoms with van der Waals surface area (Å²) < 4.78 is 2.28. The lowest BCUT2D eigenvalue weighted by Gasteiger charge is -2.16. The number of hydrogen-bond acceptors (Lipinski definition) is 1. The van der Waals surface area contributed by atoms with Gasteiger partial charge in [-0.05, 0) is 32.3 Å². The molecule has 62 valence electrons. The maximum Gasteiger partial charge on any atom is 0.101 e. The Balaban J connectivity index is 2.56. The lowest BCUT2D eigenvalue weighted by atomic mass is 10.1. The van der Waals surface area contributed by atoms with E-state index in [2.05, 4.69) is 17.6 Å². The van der Waals surface area contributed by atoms with Crippen molar-refractivity contribution >= 4 is 0 Å². The van der Waals surface area contributed by atoms with Gasteiger partial charge in [-0.25, -0.2) is 0 Å². The van der Waals surface area contributed by atoms with Crippen molar-refractivity contribution in [3.63, 3.8) is 0 Å². The summed E-state index contributed by atoms with van der Waals surface area (Å²) in [4.78, 5) is 0. The standard InChI is InChI=1S/C10H12N2/c1-8-6-9(7-11)10-4-2-3-5-12(8)10/h6H,2-5H2,1H3. The van der Waals surface area contributed by atoms with Crippen molar-refractivity contribution in [3.05, 3.63) is 23.0 Å². The fourth-order valence-corrected chi connectivity index (χ4v) is 1.97. The molecule has 0 unspecified atom stereocenters. The molecule has 1 aromatic heterocycles.